The largest absolute Gasteiger partial charge is 0.444 e. The summed E-state index contributed by atoms with van der Waals surface area (Å²) >= 11 is 6.01. The maximum Gasteiger partial charge on any atom is 0.413 e. The van der Waals surface area contributed by atoms with E-state index in [4.69, 9.17) is 16.3 Å². The number of carbonyl (C=O) groups is 1. The number of hydrogen-bond donors (Lipinski definition) is 2. The van der Waals surface area contributed by atoms with Crippen LogP contribution in [0.25, 0.3) is 11.4 Å². The third kappa shape index (κ3) is 5.28. The Hall–Kier alpha value is -3.53. The standard InChI is InChI=1S/C22H21ClF2N6O2/c1-22(2,3)33-21(32)30-19-12(7-8-17(23)29-19)10-31-11-16-15(9-26-31)27-20(28-16)13-5-4-6-14(24)18(13)25/h4-9H,10-11H2,1-3H3,(H,27,28)(H,29,30,32). The van der Waals surface area contributed by atoms with Crippen molar-refractivity contribution < 1.29 is 18.3 Å². The molecular formula is C22H21ClF2N6O2. The van der Waals surface area contributed by atoms with Gasteiger partial charge in [-0.05, 0) is 39.0 Å². The first-order chi connectivity index (χ1) is 15.6. The molecule has 2 N–H and O–H groups in total. The highest BCUT2D eigenvalue weighted by Crippen LogP contribution is 2.26. The number of nitrogens with zero attached hydrogens (tertiary/aromatic N) is 4. The van der Waals surface area contributed by atoms with Crippen molar-refractivity contribution in [1.29, 1.82) is 0 Å². The minimum absolute atomic E-state index is 0.0371. The molecule has 8 nitrogen and oxygen atoms in total. The van der Waals surface area contributed by atoms with Crippen LogP contribution in [0.2, 0.25) is 5.15 Å². The number of aromatic nitrogens is 3. The number of benzene rings is 1. The summed E-state index contributed by atoms with van der Waals surface area (Å²) in [6, 6.07) is 7.25. The maximum atomic E-state index is 14.2. The Morgan fingerprint density at radius 1 is 1.24 bits per heavy atom. The molecule has 172 valence electrons. The number of halogens is 3. The van der Waals surface area contributed by atoms with Gasteiger partial charge in [-0.15, -0.1) is 0 Å². The van der Waals surface area contributed by atoms with Crippen LogP contribution < -0.4 is 5.32 Å². The number of imidazole rings is 1. The van der Waals surface area contributed by atoms with Gasteiger partial charge >= 0.3 is 6.09 Å². The van der Waals surface area contributed by atoms with Crippen molar-refractivity contribution in [3.63, 3.8) is 0 Å². The molecule has 1 aromatic carbocycles. The van der Waals surface area contributed by atoms with E-state index in [0.717, 1.165) is 6.07 Å². The van der Waals surface area contributed by atoms with Crippen LogP contribution in [-0.2, 0) is 17.8 Å². The Morgan fingerprint density at radius 3 is 2.79 bits per heavy atom. The summed E-state index contributed by atoms with van der Waals surface area (Å²) in [7, 11) is 0. The van der Waals surface area contributed by atoms with Crippen molar-refractivity contribution in [2.75, 3.05) is 5.32 Å². The summed E-state index contributed by atoms with van der Waals surface area (Å²) in [6.07, 6.45) is 0.897. The smallest absolute Gasteiger partial charge is 0.413 e. The Kier molecular flexibility index (Phi) is 6.03. The highest BCUT2D eigenvalue weighted by Gasteiger charge is 2.22. The average molecular weight is 475 g/mol. The van der Waals surface area contributed by atoms with Crippen LogP contribution in [0, 0.1) is 11.6 Å². The summed E-state index contributed by atoms with van der Waals surface area (Å²) in [6.45, 7) is 5.85. The zero-order valence-corrected chi connectivity index (χ0v) is 18.9. The average Bonchev–Trinajstić information content (AvgIpc) is 3.13. The van der Waals surface area contributed by atoms with Crippen LogP contribution in [-0.4, -0.2) is 37.9 Å². The van der Waals surface area contributed by atoms with Gasteiger partial charge in [-0.1, -0.05) is 23.7 Å². The molecule has 11 heteroatoms. The fourth-order valence-corrected chi connectivity index (χ4v) is 3.36. The van der Waals surface area contributed by atoms with Gasteiger partial charge in [0.1, 0.15) is 22.4 Å². The molecule has 0 saturated carbocycles. The molecule has 0 radical (unpaired) electrons. The quantitative estimate of drug-likeness (QED) is 0.513. The fourth-order valence-electron chi connectivity index (χ4n) is 3.21. The van der Waals surface area contributed by atoms with Crippen LogP contribution >= 0.6 is 11.6 Å². The Labute approximate surface area is 193 Å². The number of aromatic amines is 1. The van der Waals surface area contributed by atoms with Crippen molar-refractivity contribution in [3.8, 4) is 11.4 Å². The minimum Gasteiger partial charge on any atom is -0.444 e. The second-order valence-corrected chi connectivity index (χ2v) is 8.77. The minimum atomic E-state index is -0.970. The second-order valence-electron chi connectivity index (χ2n) is 8.38. The zero-order chi connectivity index (χ0) is 23.8. The fraction of sp³-hybridized carbons (Fsp3) is 0.273. The van der Waals surface area contributed by atoms with Crippen molar-refractivity contribution in [3.05, 3.63) is 64.1 Å². The first-order valence-electron chi connectivity index (χ1n) is 10.1. The van der Waals surface area contributed by atoms with Gasteiger partial charge < -0.3 is 9.72 Å². The molecule has 3 heterocycles. The summed E-state index contributed by atoms with van der Waals surface area (Å²) in [5.74, 6) is -1.45. The third-order valence-electron chi connectivity index (χ3n) is 4.62. The van der Waals surface area contributed by atoms with Crippen LogP contribution in [0.4, 0.5) is 19.4 Å². The summed E-state index contributed by atoms with van der Waals surface area (Å²) < 4.78 is 33.0. The first kappa shape index (κ1) is 22.7. The predicted molar refractivity (Wildman–Crippen MR) is 120 cm³/mol. The molecule has 33 heavy (non-hydrogen) atoms. The molecular weight excluding hydrogens is 454 g/mol. The predicted octanol–water partition coefficient (Wildman–Crippen LogP) is 5.10. The van der Waals surface area contributed by atoms with E-state index >= 15 is 0 Å². The van der Waals surface area contributed by atoms with Crippen molar-refractivity contribution in [2.24, 2.45) is 5.10 Å². The lowest BCUT2D eigenvalue weighted by molar-refractivity contribution is 0.0635. The van der Waals surface area contributed by atoms with Gasteiger partial charge in [0.2, 0.25) is 0 Å². The highest BCUT2D eigenvalue weighted by atomic mass is 35.5. The van der Waals surface area contributed by atoms with Gasteiger partial charge in [0.05, 0.1) is 36.3 Å². The number of hydrazone groups is 1. The number of pyridine rings is 1. The lowest BCUT2D eigenvalue weighted by Gasteiger charge is -2.23. The summed E-state index contributed by atoms with van der Waals surface area (Å²) in [5.41, 5.74) is 1.24. The molecule has 0 fully saturated rings. The molecule has 0 unspecified atom stereocenters. The van der Waals surface area contributed by atoms with E-state index in [1.807, 2.05) is 0 Å². The molecule has 0 spiro atoms. The van der Waals surface area contributed by atoms with Crippen molar-refractivity contribution >= 4 is 29.7 Å². The zero-order valence-electron chi connectivity index (χ0n) is 18.1. The normalized spacial score (nSPS) is 13.1. The van der Waals surface area contributed by atoms with Crippen LogP contribution in [0.3, 0.4) is 0 Å². The third-order valence-corrected chi connectivity index (χ3v) is 4.83. The SMILES string of the molecule is CC(C)(C)OC(=O)Nc1nc(Cl)ccc1CN1Cc2nc(-c3cccc(F)c3F)[nH]c2C=N1. The number of H-pyrrole nitrogens is 1. The lowest BCUT2D eigenvalue weighted by atomic mass is 10.2. The Morgan fingerprint density at radius 2 is 2.03 bits per heavy atom. The van der Waals surface area contributed by atoms with Gasteiger partial charge in [-0.2, -0.15) is 5.10 Å². The number of rotatable bonds is 4. The van der Waals surface area contributed by atoms with Crippen LogP contribution in [0.15, 0.2) is 35.4 Å². The van der Waals surface area contributed by atoms with Gasteiger partial charge in [-0.25, -0.2) is 23.5 Å². The molecule has 0 aliphatic carbocycles. The maximum absolute atomic E-state index is 14.2. The molecule has 0 atom stereocenters. The highest BCUT2D eigenvalue weighted by molar-refractivity contribution is 6.29. The molecule has 4 rings (SSSR count). The van der Waals surface area contributed by atoms with Gasteiger partial charge in [-0.3, -0.25) is 10.3 Å². The molecule has 2 aromatic heterocycles. The number of amides is 1. The van der Waals surface area contributed by atoms with Gasteiger partial charge in [0.15, 0.2) is 11.6 Å². The molecule has 0 bridgehead atoms. The molecule has 0 saturated heterocycles. The van der Waals surface area contributed by atoms with Crippen LogP contribution in [0.5, 0.6) is 0 Å². The topological polar surface area (TPSA) is 95.5 Å². The van der Waals surface area contributed by atoms with E-state index in [2.05, 4.69) is 25.4 Å². The van der Waals surface area contributed by atoms with Gasteiger partial charge in [0.25, 0.3) is 0 Å². The van der Waals surface area contributed by atoms with E-state index < -0.39 is 23.3 Å². The van der Waals surface area contributed by atoms with E-state index in [1.165, 1.54) is 12.1 Å². The number of nitrogens with one attached hydrogen (secondary N) is 2. The molecule has 1 amide bonds. The lowest BCUT2D eigenvalue weighted by Crippen LogP contribution is -2.28. The van der Waals surface area contributed by atoms with E-state index in [-0.39, 0.29) is 28.9 Å². The number of carbonyl (C=O) groups excluding carboxylic acids is 1. The molecule has 3 aromatic rings. The number of hydrogen-bond acceptors (Lipinski definition) is 6. The van der Waals surface area contributed by atoms with Gasteiger partial charge in [0, 0.05) is 5.56 Å². The number of anilines is 1. The second kappa shape index (κ2) is 8.78. The first-order valence-corrected chi connectivity index (χ1v) is 10.4. The van der Waals surface area contributed by atoms with E-state index in [1.54, 1.807) is 44.1 Å². The number of fused-ring (bicyclic) bond motifs is 1. The summed E-state index contributed by atoms with van der Waals surface area (Å²) in [4.78, 5) is 23.8. The Balaban J connectivity index is 1.52. The monoisotopic (exact) mass is 474 g/mol. The number of ether oxygens (including phenoxy) is 1. The van der Waals surface area contributed by atoms with E-state index in [9.17, 15) is 13.6 Å². The molecule has 1 aliphatic heterocycles. The van der Waals surface area contributed by atoms with Crippen molar-refractivity contribution in [1.82, 2.24) is 20.0 Å². The summed E-state index contributed by atoms with van der Waals surface area (Å²) in [5, 5.41) is 8.91. The van der Waals surface area contributed by atoms with Crippen LogP contribution in [0.1, 0.15) is 37.7 Å². The van der Waals surface area contributed by atoms with E-state index in [0.29, 0.717) is 23.5 Å². The molecule has 1 aliphatic rings. The van der Waals surface area contributed by atoms with Crippen molar-refractivity contribution in [2.45, 2.75) is 39.5 Å². The Bertz CT molecular complexity index is 1240.